The predicted molar refractivity (Wildman–Crippen MR) is 129 cm³/mol. The highest BCUT2D eigenvalue weighted by Gasteiger charge is 2.20. The normalized spacial score (nSPS) is 11.3. The lowest BCUT2D eigenvalue weighted by Crippen LogP contribution is -2.20. The van der Waals surface area contributed by atoms with Gasteiger partial charge in [-0.2, -0.15) is 0 Å². The Morgan fingerprint density at radius 2 is 1.77 bits per heavy atom. The summed E-state index contributed by atoms with van der Waals surface area (Å²) in [5, 5.41) is 13.5. The average Bonchev–Trinajstić information content (AvgIpc) is 3.51. The van der Waals surface area contributed by atoms with Crippen molar-refractivity contribution in [1.82, 2.24) is 10.2 Å². The summed E-state index contributed by atoms with van der Waals surface area (Å²) in [6.45, 7) is 2.37. The maximum Gasteiger partial charge on any atom is 0.349 e. The molecule has 1 N–H and O–H groups in total. The van der Waals surface area contributed by atoms with Gasteiger partial charge in [-0.05, 0) is 42.0 Å². The van der Waals surface area contributed by atoms with E-state index < -0.39 is 11.5 Å². The topological polar surface area (TPSA) is 121 Å². The number of nitrogens with zero attached hydrogens (tertiary/aromatic N) is 2. The third kappa shape index (κ3) is 3.59. The molecule has 0 aliphatic rings. The van der Waals surface area contributed by atoms with E-state index in [0.29, 0.717) is 34.7 Å². The zero-order valence-electron chi connectivity index (χ0n) is 18.4. The van der Waals surface area contributed by atoms with Crippen molar-refractivity contribution >= 4 is 44.6 Å². The third-order valence-electron chi connectivity index (χ3n) is 5.55. The molecule has 0 fully saturated rings. The standard InChI is InChI=1S/C26H17N3O6/c1-2-32-20-9-5-7-15-12-21(33-22(15)20)24-28-29-26(35-24)27-23(30)18-13-17-16-8-4-3-6-14(16)10-11-19(17)34-25(18)31/h3-13H,2H2,1H3,(H,27,29,30). The number of fused-ring (bicyclic) bond motifs is 4. The zero-order chi connectivity index (χ0) is 23.9. The molecule has 6 rings (SSSR count). The Morgan fingerprint density at radius 1 is 0.914 bits per heavy atom. The predicted octanol–water partition coefficient (Wildman–Crippen LogP) is 5.39. The number of anilines is 1. The molecule has 172 valence electrons. The first kappa shape index (κ1) is 20.7. The molecule has 0 saturated heterocycles. The molecule has 0 aliphatic heterocycles. The van der Waals surface area contributed by atoms with Gasteiger partial charge in [0.2, 0.25) is 0 Å². The van der Waals surface area contributed by atoms with E-state index in [9.17, 15) is 9.59 Å². The Labute approximate surface area is 196 Å². The SMILES string of the molecule is CCOc1cccc2cc(-c3nnc(NC(=O)c4cc5c(ccc6ccccc65)oc4=O)o3)oc12. The minimum atomic E-state index is -0.772. The highest BCUT2D eigenvalue weighted by atomic mass is 16.5. The fourth-order valence-corrected chi connectivity index (χ4v) is 3.98. The largest absolute Gasteiger partial charge is 0.490 e. The van der Waals surface area contributed by atoms with Gasteiger partial charge in [0.05, 0.1) is 6.61 Å². The summed E-state index contributed by atoms with van der Waals surface area (Å²) in [5.41, 5.74) is -0.0137. The quantitative estimate of drug-likeness (QED) is 0.264. The van der Waals surface area contributed by atoms with Crippen molar-refractivity contribution in [2.45, 2.75) is 6.92 Å². The van der Waals surface area contributed by atoms with Crippen LogP contribution in [0.4, 0.5) is 6.01 Å². The van der Waals surface area contributed by atoms with Crippen LogP contribution >= 0.6 is 0 Å². The summed E-state index contributed by atoms with van der Waals surface area (Å²) in [4.78, 5) is 25.4. The van der Waals surface area contributed by atoms with Gasteiger partial charge in [-0.1, -0.05) is 47.6 Å². The zero-order valence-corrected chi connectivity index (χ0v) is 18.4. The van der Waals surface area contributed by atoms with Crippen LogP contribution in [-0.2, 0) is 0 Å². The fourth-order valence-electron chi connectivity index (χ4n) is 3.98. The van der Waals surface area contributed by atoms with Crippen molar-refractivity contribution in [3.8, 4) is 17.4 Å². The molecule has 0 saturated carbocycles. The van der Waals surface area contributed by atoms with Crippen LogP contribution in [0, 0.1) is 0 Å². The highest BCUT2D eigenvalue weighted by molar-refractivity contribution is 6.10. The monoisotopic (exact) mass is 467 g/mol. The van der Waals surface area contributed by atoms with Crippen LogP contribution in [-0.4, -0.2) is 22.7 Å². The molecule has 0 atom stereocenters. The van der Waals surface area contributed by atoms with Crippen molar-refractivity contribution in [3.63, 3.8) is 0 Å². The number of nitrogens with one attached hydrogen (secondary N) is 1. The van der Waals surface area contributed by atoms with E-state index in [2.05, 4.69) is 15.5 Å². The summed E-state index contributed by atoms with van der Waals surface area (Å²) >= 11 is 0. The number of carbonyl (C=O) groups is 1. The number of furan rings is 1. The minimum absolute atomic E-state index is 0.0653. The van der Waals surface area contributed by atoms with E-state index in [1.165, 1.54) is 6.07 Å². The van der Waals surface area contributed by atoms with Crippen molar-refractivity contribution < 1.29 is 22.8 Å². The van der Waals surface area contributed by atoms with Crippen LogP contribution in [0.5, 0.6) is 5.75 Å². The number of hydrogen-bond acceptors (Lipinski definition) is 8. The lowest BCUT2D eigenvalue weighted by Gasteiger charge is -2.05. The van der Waals surface area contributed by atoms with Crippen molar-refractivity contribution in [2.75, 3.05) is 11.9 Å². The number of benzene rings is 3. The lowest BCUT2D eigenvalue weighted by atomic mass is 10.0. The van der Waals surface area contributed by atoms with E-state index in [4.69, 9.17) is 18.0 Å². The van der Waals surface area contributed by atoms with Crippen LogP contribution in [0.3, 0.4) is 0 Å². The van der Waals surface area contributed by atoms with Crippen molar-refractivity contribution in [1.29, 1.82) is 0 Å². The molecule has 0 radical (unpaired) electrons. The van der Waals surface area contributed by atoms with E-state index >= 15 is 0 Å². The van der Waals surface area contributed by atoms with Crippen LogP contribution in [0.25, 0.3) is 44.4 Å². The molecule has 0 spiro atoms. The van der Waals surface area contributed by atoms with Gasteiger partial charge in [0.15, 0.2) is 17.1 Å². The first-order valence-corrected chi connectivity index (χ1v) is 10.9. The van der Waals surface area contributed by atoms with E-state index in [1.54, 1.807) is 18.2 Å². The molecule has 6 aromatic rings. The van der Waals surface area contributed by atoms with E-state index in [0.717, 1.165) is 16.2 Å². The molecule has 3 heterocycles. The number of carbonyl (C=O) groups excluding carboxylic acids is 1. The van der Waals surface area contributed by atoms with Gasteiger partial charge in [-0.3, -0.25) is 10.1 Å². The number of rotatable bonds is 5. The third-order valence-corrected chi connectivity index (χ3v) is 5.55. The van der Waals surface area contributed by atoms with Gasteiger partial charge in [0.25, 0.3) is 11.8 Å². The Morgan fingerprint density at radius 3 is 2.66 bits per heavy atom. The van der Waals surface area contributed by atoms with Gasteiger partial charge in [0, 0.05) is 10.8 Å². The van der Waals surface area contributed by atoms with Gasteiger partial charge in [0.1, 0.15) is 11.1 Å². The molecule has 0 aliphatic carbocycles. The second-order valence-electron chi connectivity index (χ2n) is 7.73. The van der Waals surface area contributed by atoms with E-state index in [-0.39, 0.29) is 17.5 Å². The molecule has 9 nitrogen and oxygen atoms in total. The molecule has 35 heavy (non-hydrogen) atoms. The smallest absolute Gasteiger partial charge is 0.349 e. The summed E-state index contributed by atoms with van der Waals surface area (Å²) < 4.78 is 22.4. The molecule has 9 heteroatoms. The van der Waals surface area contributed by atoms with Crippen LogP contribution in [0.2, 0.25) is 0 Å². The van der Waals surface area contributed by atoms with Gasteiger partial charge >= 0.3 is 11.6 Å². The number of ether oxygens (including phenoxy) is 1. The first-order valence-electron chi connectivity index (χ1n) is 10.9. The summed E-state index contributed by atoms with van der Waals surface area (Å²) in [5.74, 6) is 0.249. The second kappa shape index (κ2) is 8.14. The maximum atomic E-state index is 12.9. The lowest BCUT2D eigenvalue weighted by molar-refractivity contribution is 0.102. The number of para-hydroxylation sites is 1. The summed E-state index contributed by atoms with van der Waals surface area (Å²) in [7, 11) is 0. The molecule has 0 unspecified atom stereocenters. The minimum Gasteiger partial charge on any atom is -0.490 e. The molecule has 0 bridgehead atoms. The average molecular weight is 467 g/mol. The summed E-state index contributed by atoms with van der Waals surface area (Å²) in [6, 6.07) is 19.8. The van der Waals surface area contributed by atoms with Crippen LogP contribution < -0.4 is 15.7 Å². The van der Waals surface area contributed by atoms with Crippen molar-refractivity contribution in [3.05, 3.63) is 82.7 Å². The Bertz CT molecular complexity index is 1800. The van der Waals surface area contributed by atoms with Gasteiger partial charge < -0.3 is 18.0 Å². The van der Waals surface area contributed by atoms with Crippen LogP contribution in [0.1, 0.15) is 17.3 Å². The maximum absolute atomic E-state index is 12.9. The second-order valence-corrected chi connectivity index (χ2v) is 7.73. The summed E-state index contributed by atoms with van der Waals surface area (Å²) in [6.07, 6.45) is 0. The number of aromatic nitrogens is 2. The number of amides is 1. The Kier molecular flexibility index (Phi) is 4.81. The highest BCUT2D eigenvalue weighted by Crippen LogP contribution is 2.33. The molecular formula is C26H17N3O6. The van der Waals surface area contributed by atoms with Crippen LogP contribution in [0.15, 0.2) is 84.8 Å². The van der Waals surface area contributed by atoms with E-state index in [1.807, 2.05) is 49.4 Å². The Balaban J connectivity index is 1.31. The molecule has 3 aromatic heterocycles. The number of hydrogen-bond donors (Lipinski definition) is 1. The Hall–Kier alpha value is -4.92. The first-order chi connectivity index (χ1) is 17.1. The van der Waals surface area contributed by atoms with Gasteiger partial charge in [-0.25, -0.2) is 4.79 Å². The van der Waals surface area contributed by atoms with Crippen molar-refractivity contribution in [2.24, 2.45) is 0 Å². The molecule has 1 amide bonds. The van der Waals surface area contributed by atoms with Gasteiger partial charge in [-0.15, -0.1) is 5.10 Å². The fraction of sp³-hybridized carbons (Fsp3) is 0.0769. The molecular weight excluding hydrogens is 450 g/mol. The molecule has 3 aromatic carbocycles.